The van der Waals surface area contributed by atoms with Gasteiger partial charge in [-0.3, -0.25) is 5.10 Å². The predicted octanol–water partition coefficient (Wildman–Crippen LogP) is 4.19. The van der Waals surface area contributed by atoms with Gasteiger partial charge in [-0.25, -0.2) is 4.68 Å². The van der Waals surface area contributed by atoms with E-state index in [-0.39, 0.29) is 0 Å². The Bertz CT molecular complexity index is 969. The van der Waals surface area contributed by atoms with Crippen LogP contribution in [0.1, 0.15) is 24.0 Å². The van der Waals surface area contributed by atoms with Crippen molar-refractivity contribution >= 4 is 41.6 Å². The molecule has 24 heavy (non-hydrogen) atoms. The zero-order valence-corrected chi connectivity index (χ0v) is 15.3. The van der Waals surface area contributed by atoms with Gasteiger partial charge in [-0.2, -0.15) is 20.0 Å². The number of nitrogens with zero attached hydrogens (tertiary/aromatic N) is 5. The van der Waals surface area contributed by atoms with E-state index < -0.39 is 0 Å². The molecular formula is C15H14Cl2N6S. The van der Waals surface area contributed by atoms with Gasteiger partial charge in [0.25, 0.3) is 0 Å². The molecular weight excluding hydrogens is 367 g/mol. The summed E-state index contributed by atoms with van der Waals surface area (Å²) in [5, 5.41) is 16.8. The lowest BCUT2D eigenvalue weighted by Crippen LogP contribution is -1.98. The molecule has 0 aliphatic heterocycles. The van der Waals surface area contributed by atoms with Gasteiger partial charge in [0.15, 0.2) is 5.82 Å². The van der Waals surface area contributed by atoms with Gasteiger partial charge in [0, 0.05) is 11.4 Å². The Hall–Kier alpha value is -1.96. The molecule has 0 spiro atoms. The molecule has 0 fully saturated rings. The number of hydrogen-bond donors (Lipinski definition) is 1. The molecule has 2 aromatic heterocycles. The van der Waals surface area contributed by atoms with Crippen molar-refractivity contribution in [3.63, 3.8) is 0 Å². The molecule has 0 atom stereocenters. The molecule has 0 saturated carbocycles. The molecule has 0 saturated heterocycles. The third-order valence-corrected chi connectivity index (χ3v) is 4.30. The van der Waals surface area contributed by atoms with Crippen LogP contribution in [0.25, 0.3) is 5.69 Å². The number of nitrogens with one attached hydrogen (secondary N) is 1. The van der Waals surface area contributed by atoms with Gasteiger partial charge in [0.2, 0.25) is 4.77 Å². The fourth-order valence-electron chi connectivity index (χ4n) is 2.22. The Balaban J connectivity index is 2.02. The van der Waals surface area contributed by atoms with Crippen LogP contribution in [-0.4, -0.2) is 30.9 Å². The lowest BCUT2D eigenvalue weighted by atomic mass is 10.3. The average molecular weight is 381 g/mol. The second kappa shape index (κ2) is 6.88. The van der Waals surface area contributed by atoms with E-state index in [1.807, 2.05) is 26.0 Å². The molecule has 3 rings (SSSR count). The molecule has 1 N–H and O–H groups in total. The maximum atomic E-state index is 6.48. The van der Waals surface area contributed by atoms with Crippen LogP contribution in [0, 0.1) is 11.7 Å². The number of aromatic amines is 1. The van der Waals surface area contributed by atoms with Crippen molar-refractivity contribution in [1.82, 2.24) is 24.7 Å². The molecule has 0 unspecified atom stereocenters. The van der Waals surface area contributed by atoms with Crippen LogP contribution in [0.15, 0.2) is 29.4 Å². The van der Waals surface area contributed by atoms with Crippen LogP contribution >= 0.6 is 35.4 Å². The van der Waals surface area contributed by atoms with Crippen molar-refractivity contribution in [1.29, 1.82) is 0 Å². The molecule has 3 aromatic rings. The molecule has 2 heterocycles. The van der Waals surface area contributed by atoms with Gasteiger partial charge >= 0.3 is 0 Å². The lowest BCUT2D eigenvalue weighted by Gasteiger charge is -2.03. The molecule has 124 valence electrons. The number of rotatable bonds is 4. The standard InChI is InChI=1S/C15H14Cl2N6S/c1-3-13-19-20-15(24)23(13)18-8-12-9(2)21-22(14(12)17)11-6-4-5-10(16)7-11/h4-8H,3H2,1-2H3,(H,20,24). The summed E-state index contributed by atoms with van der Waals surface area (Å²) in [5.41, 5.74) is 2.24. The van der Waals surface area contributed by atoms with E-state index in [0.717, 1.165) is 17.2 Å². The lowest BCUT2D eigenvalue weighted by molar-refractivity contribution is 0.780. The minimum Gasteiger partial charge on any atom is -0.250 e. The van der Waals surface area contributed by atoms with E-state index in [4.69, 9.17) is 35.4 Å². The monoisotopic (exact) mass is 380 g/mol. The van der Waals surface area contributed by atoms with Crippen LogP contribution < -0.4 is 0 Å². The summed E-state index contributed by atoms with van der Waals surface area (Å²) in [7, 11) is 0. The van der Waals surface area contributed by atoms with Crippen molar-refractivity contribution in [2.45, 2.75) is 20.3 Å². The molecule has 9 heteroatoms. The highest BCUT2D eigenvalue weighted by Crippen LogP contribution is 2.23. The van der Waals surface area contributed by atoms with E-state index in [1.165, 1.54) is 0 Å². The highest BCUT2D eigenvalue weighted by atomic mass is 35.5. The van der Waals surface area contributed by atoms with E-state index >= 15 is 0 Å². The maximum Gasteiger partial charge on any atom is 0.216 e. The van der Waals surface area contributed by atoms with Crippen molar-refractivity contribution in [3.8, 4) is 5.69 Å². The highest BCUT2D eigenvalue weighted by molar-refractivity contribution is 7.71. The summed E-state index contributed by atoms with van der Waals surface area (Å²) in [6, 6.07) is 7.32. The van der Waals surface area contributed by atoms with Gasteiger partial charge in [-0.05, 0) is 37.3 Å². The fourth-order valence-corrected chi connectivity index (χ4v) is 2.93. The van der Waals surface area contributed by atoms with Crippen molar-refractivity contribution in [2.24, 2.45) is 5.10 Å². The van der Waals surface area contributed by atoms with Gasteiger partial charge in [-0.1, -0.05) is 36.2 Å². The molecule has 0 bridgehead atoms. The molecule has 0 radical (unpaired) electrons. The number of aromatic nitrogens is 5. The number of benzene rings is 1. The van der Waals surface area contributed by atoms with Gasteiger partial charge in [0.05, 0.1) is 23.2 Å². The number of hydrogen-bond acceptors (Lipinski definition) is 4. The number of H-pyrrole nitrogens is 1. The smallest absolute Gasteiger partial charge is 0.216 e. The summed E-state index contributed by atoms with van der Waals surface area (Å²) < 4.78 is 3.63. The van der Waals surface area contributed by atoms with Crippen molar-refractivity contribution in [3.05, 3.63) is 56.3 Å². The third kappa shape index (κ3) is 3.15. The van der Waals surface area contributed by atoms with Crippen LogP contribution in [0.3, 0.4) is 0 Å². The van der Waals surface area contributed by atoms with Gasteiger partial charge in [0.1, 0.15) is 5.15 Å². The first-order valence-corrected chi connectivity index (χ1v) is 8.39. The summed E-state index contributed by atoms with van der Waals surface area (Å²) >= 11 is 17.7. The number of aryl methyl sites for hydroxylation is 2. The van der Waals surface area contributed by atoms with E-state index in [9.17, 15) is 0 Å². The first-order chi connectivity index (χ1) is 11.5. The van der Waals surface area contributed by atoms with Crippen LogP contribution in [-0.2, 0) is 6.42 Å². The second-order valence-electron chi connectivity index (χ2n) is 5.04. The minimum absolute atomic E-state index is 0.430. The summed E-state index contributed by atoms with van der Waals surface area (Å²) in [6.07, 6.45) is 2.34. The Morgan fingerprint density at radius 1 is 1.38 bits per heavy atom. The Labute approximate surface area is 153 Å². The zero-order valence-electron chi connectivity index (χ0n) is 13.0. The zero-order chi connectivity index (χ0) is 17.3. The maximum absolute atomic E-state index is 6.48. The molecule has 0 aliphatic rings. The Morgan fingerprint density at radius 3 is 2.88 bits per heavy atom. The van der Waals surface area contributed by atoms with Gasteiger partial charge < -0.3 is 0 Å². The van der Waals surface area contributed by atoms with Gasteiger partial charge in [-0.15, -0.1) is 0 Å². The summed E-state index contributed by atoms with van der Waals surface area (Å²) in [6.45, 7) is 3.84. The molecule has 0 amide bonds. The van der Waals surface area contributed by atoms with E-state index in [0.29, 0.717) is 26.9 Å². The second-order valence-corrected chi connectivity index (χ2v) is 6.22. The largest absolute Gasteiger partial charge is 0.250 e. The summed E-state index contributed by atoms with van der Waals surface area (Å²) in [4.78, 5) is 0. The molecule has 0 aliphatic carbocycles. The summed E-state index contributed by atoms with van der Waals surface area (Å²) in [5.74, 6) is 0.743. The van der Waals surface area contributed by atoms with E-state index in [1.54, 1.807) is 27.7 Å². The first kappa shape index (κ1) is 16.9. The highest BCUT2D eigenvalue weighted by Gasteiger charge is 2.14. The predicted molar refractivity (Wildman–Crippen MR) is 98.1 cm³/mol. The minimum atomic E-state index is 0.430. The normalized spacial score (nSPS) is 11.5. The fraction of sp³-hybridized carbons (Fsp3) is 0.200. The van der Waals surface area contributed by atoms with Crippen LogP contribution in [0.5, 0.6) is 0 Å². The van der Waals surface area contributed by atoms with Crippen molar-refractivity contribution < 1.29 is 0 Å². The topological polar surface area (TPSA) is 63.8 Å². The number of halogens is 2. The Morgan fingerprint density at radius 2 is 2.17 bits per heavy atom. The SMILES string of the molecule is CCc1n[nH]c(=S)n1N=Cc1c(C)nn(-c2cccc(Cl)c2)c1Cl. The third-order valence-electron chi connectivity index (χ3n) is 3.44. The van der Waals surface area contributed by atoms with E-state index in [2.05, 4.69) is 20.4 Å². The Kier molecular flexibility index (Phi) is 4.84. The average Bonchev–Trinajstić information content (AvgIpc) is 3.05. The molecule has 6 nitrogen and oxygen atoms in total. The van der Waals surface area contributed by atoms with Crippen LogP contribution in [0.2, 0.25) is 10.2 Å². The van der Waals surface area contributed by atoms with Crippen molar-refractivity contribution in [2.75, 3.05) is 0 Å². The first-order valence-electron chi connectivity index (χ1n) is 7.23. The quantitative estimate of drug-likeness (QED) is 0.545. The molecule has 1 aromatic carbocycles. The van der Waals surface area contributed by atoms with Crippen LogP contribution in [0.4, 0.5) is 0 Å².